The van der Waals surface area contributed by atoms with Crippen molar-refractivity contribution in [2.45, 2.75) is 11.8 Å². The molecule has 0 spiro atoms. The van der Waals surface area contributed by atoms with E-state index in [0.29, 0.717) is 16.4 Å². The van der Waals surface area contributed by atoms with Crippen molar-refractivity contribution >= 4 is 38.3 Å². The first-order valence-electron chi connectivity index (χ1n) is 11.2. The minimum Gasteiger partial charge on any atom is -0.618 e. The van der Waals surface area contributed by atoms with Gasteiger partial charge in [-0.25, -0.2) is 18.4 Å². The van der Waals surface area contributed by atoms with E-state index in [1.807, 2.05) is 0 Å². The van der Waals surface area contributed by atoms with Gasteiger partial charge in [0.2, 0.25) is 15.8 Å². The number of aryl methyl sites for hydroxylation is 1. The third-order valence-corrected chi connectivity index (χ3v) is 8.33. The molecule has 1 fully saturated rings. The molecule has 1 aliphatic rings. The van der Waals surface area contributed by atoms with Crippen molar-refractivity contribution in [2.24, 2.45) is 0 Å². The summed E-state index contributed by atoms with van der Waals surface area (Å²) in [6.07, 6.45) is 2.77. The average Bonchev–Trinajstić information content (AvgIpc) is 2.89. The van der Waals surface area contributed by atoms with Gasteiger partial charge in [-0.15, -0.1) is 0 Å². The second-order valence-electron chi connectivity index (χ2n) is 8.49. The van der Waals surface area contributed by atoms with E-state index in [0.717, 1.165) is 15.5 Å². The monoisotopic (exact) mass is 523 g/mol. The number of carbonyl (C=O) groups is 1. The molecule has 184 valence electrons. The largest absolute Gasteiger partial charge is 0.618 e. The molecule has 1 aliphatic heterocycles. The first-order chi connectivity index (χ1) is 17.2. The number of rotatable bonds is 4. The molecule has 9 nitrogen and oxygen atoms in total. The summed E-state index contributed by atoms with van der Waals surface area (Å²) in [6, 6.07) is 15.3. The summed E-state index contributed by atoms with van der Waals surface area (Å²) < 4.78 is 28.6. The summed E-state index contributed by atoms with van der Waals surface area (Å²) >= 11 is 6.02. The van der Waals surface area contributed by atoms with Crippen molar-refractivity contribution in [1.29, 1.82) is 0 Å². The number of nitrogens with zero attached hydrogens (tertiary/aromatic N) is 5. The number of benzene rings is 2. The lowest BCUT2D eigenvalue weighted by Gasteiger charge is -2.34. The molecular formula is C25H22ClN5O4S. The number of hydrogen-bond acceptors (Lipinski definition) is 6. The minimum absolute atomic E-state index is 0.172. The number of pyridine rings is 1. The molecule has 36 heavy (non-hydrogen) atoms. The highest BCUT2D eigenvalue weighted by Crippen LogP contribution is 2.25. The van der Waals surface area contributed by atoms with Crippen LogP contribution in [0.3, 0.4) is 0 Å². The zero-order valence-corrected chi connectivity index (χ0v) is 20.9. The summed E-state index contributed by atoms with van der Waals surface area (Å²) in [6.45, 7) is 2.50. The van der Waals surface area contributed by atoms with E-state index >= 15 is 0 Å². The molecule has 0 unspecified atom stereocenters. The van der Waals surface area contributed by atoms with Crippen molar-refractivity contribution in [2.75, 3.05) is 26.2 Å². The van der Waals surface area contributed by atoms with E-state index < -0.39 is 10.0 Å². The molecule has 0 saturated carbocycles. The number of amides is 1. The van der Waals surface area contributed by atoms with Crippen molar-refractivity contribution in [3.05, 3.63) is 88.5 Å². The van der Waals surface area contributed by atoms with Crippen LogP contribution in [0, 0.1) is 12.1 Å². The van der Waals surface area contributed by atoms with E-state index in [2.05, 4.69) is 9.97 Å². The van der Waals surface area contributed by atoms with Gasteiger partial charge < -0.3 is 10.1 Å². The second kappa shape index (κ2) is 9.45. The average molecular weight is 524 g/mol. The Hall–Kier alpha value is -3.60. The number of halogens is 1. The van der Waals surface area contributed by atoms with Crippen LogP contribution in [0.5, 0.6) is 0 Å². The normalized spacial score (nSPS) is 14.8. The molecule has 1 saturated heterocycles. The maximum Gasteiger partial charge on any atom is 0.261 e. The first-order valence-corrected chi connectivity index (χ1v) is 13.1. The highest BCUT2D eigenvalue weighted by molar-refractivity contribution is 7.89. The fourth-order valence-corrected chi connectivity index (χ4v) is 5.80. The standard InChI is InChI=1S/C25H22ClN5O4S/c1-17-3-2-4-23(31(17)33)24-27-15-20(16-28-24)25(32)29-9-11-30(12-10-29)36(34,35)22-8-6-18-13-21(26)7-5-19(18)14-22/h2-8,13-16H,9-12H2,1H3. The Morgan fingerprint density at radius 1 is 0.972 bits per heavy atom. The number of piperazine rings is 1. The number of fused-ring (bicyclic) bond motifs is 1. The van der Waals surface area contributed by atoms with Crippen molar-refractivity contribution in [1.82, 2.24) is 19.2 Å². The molecule has 1 amide bonds. The third kappa shape index (κ3) is 4.50. The Balaban J connectivity index is 1.27. The van der Waals surface area contributed by atoms with Crippen LogP contribution in [0.15, 0.2) is 71.9 Å². The van der Waals surface area contributed by atoms with Gasteiger partial charge in [-0.2, -0.15) is 9.04 Å². The lowest BCUT2D eigenvalue weighted by atomic mass is 10.1. The van der Waals surface area contributed by atoms with Crippen molar-refractivity contribution < 1.29 is 17.9 Å². The molecule has 3 heterocycles. The predicted molar refractivity (Wildman–Crippen MR) is 135 cm³/mol. The van der Waals surface area contributed by atoms with Crippen LogP contribution in [0.1, 0.15) is 16.1 Å². The zero-order valence-electron chi connectivity index (χ0n) is 19.3. The van der Waals surface area contributed by atoms with E-state index in [1.54, 1.807) is 66.4 Å². The molecule has 4 aromatic rings. The molecule has 5 rings (SSSR count). The van der Waals surface area contributed by atoms with E-state index in [4.69, 9.17) is 11.6 Å². The quantitative estimate of drug-likeness (QED) is 0.300. The molecule has 0 N–H and O–H groups in total. The number of hydrogen-bond donors (Lipinski definition) is 0. The SMILES string of the molecule is Cc1cccc(-c2ncc(C(=O)N3CCN(S(=O)(=O)c4ccc5cc(Cl)ccc5c4)CC3)cn2)[n+]1[O-]. The Morgan fingerprint density at radius 2 is 1.64 bits per heavy atom. The van der Waals surface area contributed by atoms with Gasteiger partial charge in [-0.1, -0.05) is 23.7 Å². The Bertz CT molecular complexity index is 1570. The van der Waals surface area contributed by atoms with Gasteiger partial charge in [-0.05, 0) is 41.1 Å². The van der Waals surface area contributed by atoms with Crippen LogP contribution in [-0.4, -0.2) is 59.7 Å². The zero-order chi connectivity index (χ0) is 25.4. The maximum atomic E-state index is 13.2. The lowest BCUT2D eigenvalue weighted by molar-refractivity contribution is -0.601. The van der Waals surface area contributed by atoms with Gasteiger partial charge in [0.25, 0.3) is 11.6 Å². The molecule has 0 atom stereocenters. The summed E-state index contributed by atoms with van der Waals surface area (Å²) in [5.74, 6) is -0.0701. The predicted octanol–water partition coefficient (Wildman–Crippen LogP) is 3.04. The van der Waals surface area contributed by atoms with Crippen LogP contribution < -0.4 is 4.73 Å². The fraction of sp³-hybridized carbons (Fsp3) is 0.200. The van der Waals surface area contributed by atoms with Crippen LogP contribution in [0.2, 0.25) is 5.02 Å². The van der Waals surface area contributed by atoms with Gasteiger partial charge in [-0.3, -0.25) is 4.79 Å². The highest BCUT2D eigenvalue weighted by Gasteiger charge is 2.31. The number of carbonyl (C=O) groups excluding carboxylic acids is 1. The van der Waals surface area contributed by atoms with Crippen LogP contribution in [0.4, 0.5) is 0 Å². The summed E-state index contributed by atoms with van der Waals surface area (Å²) in [5.41, 5.74) is 1.08. The highest BCUT2D eigenvalue weighted by atomic mass is 35.5. The maximum absolute atomic E-state index is 13.2. The van der Waals surface area contributed by atoms with Gasteiger partial charge in [0.15, 0.2) is 5.69 Å². The molecule has 2 aromatic heterocycles. The topological polar surface area (TPSA) is 110 Å². The molecular weight excluding hydrogens is 502 g/mol. The Morgan fingerprint density at radius 3 is 2.36 bits per heavy atom. The van der Waals surface area contributed by atoms with Crippen LogP contribution in [0.25, 0.3) is 22.3 Å². The summed E-state index contributed by atoms with van der Waals surface area (Å²) in [4.78, 5) is 23.1. The second-order valence-corrected chi connectivity index (χ2v) is 10.9. The van der Waals surface area contributed by atoms with Gasteiger partial charge in [0, 0.05) is 62.7 Å². The van der Waals surface area contributed by atoms with E-state index in [1.165, 1.54) is 16.7 Å². The Kier molecular flexibility index (Phi) is 6.33. The smallest absolute Gasteiger partial charge is 0.261 e. The van der Waals surface area contributed by atoms with E-state index in [9.17, 15) is 18.4 Å². The van der Waals surface area contributed by atoms with Crippen molar-refractivity contribution in [3.8, 4) is 11.5 Å². The summed E-state index contributed by atoms with van der Waals surface area (Å²) in [5, 5.41) is 14.5. The molecule has 0 bridgehead atoms. The fourth-order valence-electron chi connectivity index (χ4n) is 4.16. The van der Waals surface area contributed by atoms with E-state index in [-0.39, 0.29) is 48.4 Å². The molecule has 0 radical (unpaired) electrons. The minimum atomic E-state index is -3.72. The van der Waals surface area contributed by atoms with Crippen LogP contribution in [-0.2, 0) is 10.0 Å². The molecule has 11 heteroatoms. The summed E-state index contributed by atoms with van der Waals surface area (Å²) in [7, 11) is -3.72. The third-order valence-electron chi connectivity index (χ3n) is 6.20. The van der Waals surface area contributed by atoms with Crippen LogP contribution >= 0.6 is 11.6 Å². The number of sulfonamides is 1. The van der Waals surface area contributed by atoms with Gasteiger partial charge >= 0.3 is 0 Å². The molecule has 0 aliphatic carbocycles. The first kappa shape index (κ1) is 24.1. The lowest BCUT2D eigenvalue weighted by Crippen LogP contribution is -2.50. The van der Waals surface area contributed by atoms with Crippen molar-refractivity contribution in [3.63, 3.8) is 0 Å². The molecule has 2 aromatic carbocycles. The van der Waals surface area contributed by atoms with Gasteiger partial charge in [0.05, 0.1) is 10.5 Å². The Labute approximate surface area is 213 Å². The van der Waals surface area contributed by atoms with Gasteiger partial charge in [0.1, 0.15) is 0 Å². The number of aromatic nitrogens is 3.